The van der Waals surface area contributed by atoms with Gasteiger partial charge in [-0.2, -0.15) is 0 Å². The van der Waals surface area contributed by atoms with Gasteiger partial charge in [-0.05, 0) is 59.5 Å². The molecule has 2 amide bonds. The Morgan fingerprint density at radius 1 is 0.889 bits per heavy atom. The first-order valence-corrected chi connectivity index (χ1v) is 11.3. The van der Waals surface area contributed by atoms with Crippen molar-refractivity contribution in [1.82, 2.24) is 5.32 Å². The van der Waals surface area contributed by atoms with Crippen LogP contribution in [0.1, 0.15) is 50.5 Å². The fourth-order valence-corrected chi connectivity index (χ4v) is 3.62. The van der Waals surface area contributed by atoms with E-state index < -0.39 is 23.8 Å². The minimum Gasteiger partial charge on any atom is -0.478 e. The molecule has 186 valence electrons. The molecule has 9 heteroatoms. The summed E-state index contributed by atoms with van der Waals surface area (Å²) in [7, 11) is 0. The fraction of sp³-hybridized carbons (Fsp3) is 0.185. The van der Waals surface area contributed by atoms with Gasteiger partial charge in [0.25, 0.3) is 11.8 Å². The van der Waals surface area contributed by atoms with Crippen LogP contribution in [0.2, 0.25) is 0 Å². The number of nitrogen functional groups attached to an aromatic ring is 1. The molecule has 0 radical (unpaired) electrons. The van der Waals surface area contributed by atoms with Crippen LogP contribution in [0.15, 0.2) is 66.7 Å². The maximum atomic E-state index is 13.1. The van der Waals surface area contributed by atoms with Gasteiger partial charge in [-0.25, -0.2) is 4.79 Å². The lowest BCUT2D eigenvalue weighted by Crippen LogP contribution is -2.41. The summed E-state index contributed by atoms with van der Waals surface area (Å²) in [5.41, 5.74) is 7.35. The van der Waals surface area contributed by atoms with E-state index in [1.165, 1.54) is 18.2 Å². The van der Waals surface area contributed by atoms with Gasteiger partial charge in [-0.1, -0.05) is 38.1 Å². The molecule has 0 heterocycles. The molecule has 0 spiro atoms. The van der Waals surface area contributed by atoms with E-state index in [9.17, 15) is 24.6 Å². The average Bonchev–Trinajstić information content (AvgIpc) is 2.86. The molecule has 3 rings (SSSR count). The predicted octanol–water partition coefficient (Wildman–Crippen LogP) is 3.33. The third-order valence-electron chi connectivity index (χ3n) is 5.75. The van der Waals surface area contributed by atoms with Crippen molar-refractivity contribution < 1.29 is 24.6 Å². The Balaban J connectivity index is 1.95. The third kappa shape index (κ3) is 5.94. The number of carbonyl (C=O) groups is 3. The number of benzene rings is 3. The normalized spacial score (nSPS) is 11.6. The molecule has 0 bridgehead atoms. The van der Waals surface area contributed by atoms with Crippen LogP contribution in [0.5, 0.6) is 0 Å². The Morgan fingerprint density at radius 3 is 2.08 bits per heavy atom. The molecule has 0 aliphatic heterocycles. The Bertz CT molecular complexity index is 1300. The van der Waals surface area contributed by atoms with Crippen LogP contribution in [-0.4, -0.2) is 46.5 Å². The fourth-order valence-electron chi connectivity index (χ4n) is 3.62. The average molecular weight is 489 g/mol. The van der Waals surface area contributed by atoms with Crippen LogP contribution in [0.4, 0.5) is 5.69 Å². The van der Waals surface area contributed by atoms with E-state index in [4.69, 9.17) is 11.1 Å². The molecule has 3 aromatic rings. The van der Waals surface area contributed by atoms with Crippen molar-refractivity contribution in [2.45, 2.75) is 19.9 Å². The highest BCUT2D eigenvalue weighted by Crippen LogP contribution is 2.29. The van der Waals surface area contributed by atoms with Gasteiger partial charge in [0.15, 0.2) is 0 Å². The molecule has 1 atom stereocenters. The minimum atomic E-state index is -1.25. The first kappa shape index (κ1) is 26.1. The number of carboxylic acid groups (broad SMARTS) is 1. The lowest BCUT2D eigenvalue weighted by Gasteiger charge is -2.20. The van der Waals surface area contributed by atoms with E-state index in [-0.39, 0.29) is 40.6 Å². The monoisotopic (exact) mass is 488 g/mol. The zero-order chi connectivity index (χ0) is 26.4. The maximum absolute atomic E-state index is 13.1. The lowest BCUT2D eigenvalue weighted by molar-refractivity contribution is 0.0697. The first-order valence-electron chi connectivity index (χ1n) is 11.3. The summed E-state index contributed by atoms with van der Waals surface area (Å²) in [6.07, 6.45) is 0. The summed E-state index contributed by atoms with van der Waals surface area (Å²) < 4.78 is 0. The van der Waals surface area contributed by atoms with E-state index in [1.807, 2.05) is 13.8 Å². The Hall–Kier alpha value is -4.50. The van der Waals surface area contributed by atoms with Crippen LogP contribution in [0.3, 0.4) is 0 Å². The van der Waals surface area contributed by atoms with Crippen molar-refractivity contribution in [2.24, 2.45) is 11.7 Å². The second-order valence-electron chi connectivity index (χ2n) is 8.56. The van der Waals surface area contributed by atoms with Gasteiger partial charge in [0.2, 0.25) is 0 Å². The zero-order valence-electron chi connectivity index (χ0n) is 19.9. The van der Waals surface area contributed by atoms with Gasteiger partial charge in [-0.3, -0.25) is 15.0 Å². The summed E-state index contributed by atoms with van der Waals surface area (Å²) in [5.74, 6) is -2.31. The largest absolute Gasteiger partial charge is 0.478 e. The van der Waals surface area contributed by atoms with Crippen molar-refractivity contribution in [3.8, 4) is 11.1 Å². The molecule has 0 saturated heterocycles. The highest BCUT2D eigenvalue weighted by Gasteiger charge is 2.22. The van der Waals surface area contributed by atoms with E-state index in [1.54, 1.807) is 48.5 Å². The SMILES string of the molecule is CC(C)[C@H](CO)NC(=O)c1ccc(-c2ccccc2C(=O)Nc2ccc(C(=N)N)cc2)c(C(=O)O)c1. The molecule has 0 unspecified atom stereocenters. The number of rotatable bonds is 9. The number of amides is 2. The maximum Gasteiger partial charge on any atom is 0.336 e. The van der Waals surface area contributed by atoms with Gasteiger partial charge < -0.3 is 26.6 Å². The standard InChI is InChI=1S/C27H28N4O5/c1-15(2)23(14-32)31-25(33)17-9-12-20(22(13-17)27(35)36)19-5-3-4-6-21(19)26(34)30-18-10-7-16(8-11-18)24(28)29/h3-13,15,23,32H,14H2,1-2H3,(H3,28,29)(H,30,34)(H,31,33)(H,35,36)/t23-/m0/s1. The summed E-state index contributed by atoms with van der Waals surface area (Å²) >= 11 is 0. The molecular weight excluding hydrogens is 460 g/mol. The van der Waals surface area contributed by atoms with Crippen molar-refractivity contribution in [3.05, 3.63) is 89.0 Å². The quantitative estimate of drug-likeness (QED) is 0.200. The van der Waals surface area contributed by atoms with Gasteiger partial charge in [0, 0.05) is 22.4 Å². The van der Waals surface area contributed by atoms with Crippen LogP contribution < -0.4 is 16.4 Å². The number of amidine groups is 1. The van der Waals surface area contributed by atoms with Crippen LogP contribution in [0, 0.1) is 11.3 Å². The van der Waals surface area contributed by atoms with Gasteiger partial charge in [0.1, 0.15) is 5.84 Å². The van der Waals surface area contributed by atoms with Crippen LogP contribution in [-0.2, 0) is 0 Å². The third-order valence-corrected chi connectivity index (χ3v) is 5.75. The number of aliphatic hydroxyl groups excluding tert-OH is 1. The lowest BCUT2D eigenvalue weighted by atomic mass is 9.93. The molecule has 0 saturated carbocycles. The second kappa shape index (κ2) is 11.3. The molecule has 7 N–H and O–H groups in total. The summed E-state index contributed by atoms with van der Waals surface area (Å²) in [4.78, 5) is 37.9. The van der Waals surface area contributed by atoms with Crippen molar-refractivity contribution in [3.63, 3.8) is 0 Å². The number of aromatic carboxylic acids is 1. The van der Waals surface area contributed by atoms with Crippen molar-refractivity contribution >= 4 is 29.3 Å². The van der Waals surface area contributed by atoms with E-state index in [0.717, 1.165) is 0 Å². The summed E-state index contributed by atoms with van der Waals surface area (Å²) in [6, 6.07) is 16.8. The highest BCUT2D eigenvalue weighted by atomic mass is 16.4. The molecule has 0 aliphatic rings. The summed E-state index contributed by atoms with van der Waals surface area (Å²) in [6.45, 7) is 3.46. The Morgan fingerprint density at radius 2 is 1.50 bits per heavy atom. The Labute approximate surface area is 208 Å². The molecule has 0 fully saturated rings. The molecule has 3 aromatic carbocycles. The smallest absolute Gasteiger partial charge is 0.336 e. The number of nitrogens with two attached hydrogens (primary N) is 1. The number of anilines is 1. The molecular formula is C27H28N4O5. The zero-order valence-corrected chi connectivity index (χ0v) is 19.9. The molecule has 9 nitrogen and oxygen atoms in total. The predicted molar refractivity (Wildman–Crippen MR) is 137 cm³/mol. The number of nitrogens with one attached hydrogen (secondary N) is 3. The topological polar surface area (TPSA) is 166 Å². The van der Waals surface area contributed by atoms with Gasteiger partial charge >= 0.3 is 5.97 Å². The number of carboxylic acids is 1. The number of hydrogen-bond acceptors (Lipinski definition) is 5. The van der Waals surface area contributed by atoms with E-state index >= 15 is 0 Å². The Kier molecular flexibility index (Phi) is 8.18. The van der Waals surface area contributed by atoms with E-state index in [2.05, 4.69) is 10.6 Å². The van der Waals surface area contributed by atoms with E-state index in [0.29, 0.717) is 16.8 Å². The summed E-state index contributed by atoms with van der Waals surface area (Å²) in [5, 5.41) is 32.3. The van der Waals surface area contributed by atoms with Gasteiger partial charge in [0.05, 0.1) is 18.2 Å². The molecule has 36 heavy (non-hydrogen) atoms. The first-order chi connectivity index (χ1) is 17.1. The van der Waals surface area contributed by atoms with Crippen molar-refractivity contribution in [1.29, 1.82) is 5.41 Å². The van der Waals surface area contributed by atoms with Crippen LogP contribution >= 0.6 is 0 Å². The highest BCUT2D eigenvalue weighted by molar-refractivity contribution is 6.11. The van der Waals surface area contributed by atoms with Crippen LogP contribution in [0.25, 0.3) is 11.1 Å². The molecule has 0 aliphatic carbocycles. The minimum absolute atomic E-state index is 0.0128. The molecule has 0 aromatic heterocycles. The number of carbonyl (C=O) groups excluding carboxylic acids is 2. The van der Waals surface area contributed by atoms with Gasteiger partial charge in [-0.15, -0.1) is 0 Å². The number of hydrogen-bond donors (Lipinski definition) is 6. The van der Waals surface area contributed by atoms with Crippen molar-refractivity contribution in [2.75, 3.05) is 11.9 Å². The second-order valence-corrected chi connectivity index (χ2v) is 8.56. The number of aliphatic hydroxyl groups is 1.